The first-order chi connectivity index (χ1) is 11.7. The molecule has 136 valence electrons. The summed E-state index contributed by atoms with van der Waals surface area (Å²) in [5.41, 5.74) is 5.87. The molecule has 0 bridgehead atoms. The van der Waals surface area contributed by atoms with Crippen molar-refractivity contribution < 1.29 is 14.4 Å². The summed E-state index contributed by atoms with van der Waals surface area (Å²) >= 11 is 4.94. The summed E-state index contributed by atoms with van der Waals surface area (Å²) in [7, 11) is 0. The van der Waals surface area contributed by atoms with Gasteiger partial charge in [-0.25, -0.2) is 0 Å². The zero-order valence-corrected chi connectivity index (χ0v) is 15.6. The number of carbonyl (C=O) groups is 3. The second-order valence-electron chi connectivity index (χ2n) is 6.28. The van der Waals surface area contributed by atoms with Gasteiger partial charge in [0.2, 0.25) is 11.8 Å². The molecule has 3 amide bonds. The third kappa shape index (κ3) is 7.75. The van der Waals surface area contributed by atoms with Crippen molar-refractivity contribution in [2.24, 2.45) is 11.8 Å². The van der Waals surface area contributed by atoms with Gasteiger partial charge in [-0.2, -0.15) is 0 Å². The predicted octanol–water partition coefficient (Wildman–Crippen LogP) is 1.96. The second-order valence-corrected chi connectivity index (χ2v) is 6.68. The Labute approximate surface area is 152 Å². The van der Waals surface area contributed by atoms with E-state index in [1.807, 2.05) is 13.8 Å². The van der Waals surface area contributed by atoms with Crippen LogP contribution in [0.15, 0.2) is 24.3 Å². The van der Waals surface area contributed by atoms with Crippen molar-refractivity contribution in [2.45, 2.75) is 34.1 Å². The van der Waals surface area contributed by atoms with Crippen LogP contribution in [0.1, 0.15) is 44.5 Å². The molecule has 0 aliphatic carbocycles. The van der Waals surface area contributed by atoms with Crippen LogP contribution >= 0.6 is 12.2 Å². The van der Waals surface area contributed by atoms with Gasteiger partial charge < -0.3 is 10.6 Å². The Morgan fingerprint density at radius 2 is 1.60 bits per heavy atom. The van der Waals surface area contributed by atoms with Crippen LogP contribution in [0.25, 0.3) is 0 Å². The van der Waals surface area contributed by atoms with Gasteiger partial charge in [0.1, 0.15) is 0 Å². The van der Waals surface area contributed by atoms with Gasteiger partial charge in [0, 0.05) is 23.6 Å². The van der Waals surface area contributed by atoms with Crippen LogP contribution in [-0.2, 0) is 9.59 Å². The molecule has 0 aliphatic rings. The molecule has 8 heteroatoms. The normalized spacial score (nSPS) is 10.3. The highest BCUT2D eigenvalue weighted by atomic mass is 32.1. The van der Waals surface area contributed by atoms with E-state index in [-0.39, 0.29) is 28.8 Å². The lowest BCUT2D eigenvalue weighted by atomic mass is 10.1. The van der Waals surface area contributed by atoms with E-state index in [4.69, 9.17) is 12.2 Å². The van der Waals surface area contributed by atoms with Gasteiger partial charge in [0.05, 0.1) is 0 Å². The third-order valence-electron chi connectivity index (χ3n) is 3.08. The molecule has 0 atom stereocenters. The molecule has 7 nitrogen and oxygen atoms in total. The van der Waals surface area contributed by atoms with Crippen molar-refractivity contribution in [2.75, 3.05) is 5.32 Å². The molecule has 0 saturated carbocycles. The van der Waals surface area contributed by atoms with Gasteiger partial charge in [-0.05, 0) is 42.4 Å². The predicted molar refractivity (Wildman–Crippen MR) is 101 cm³/mol. The number of carbonyl (C=O) groups excluding carboxylic acids is 3. The van der Waals surface area contributed by atoms with Gasteiger partial charge in [-0.3, -0.25) is 25.2 Å². The fraction of sp³-hybridized carbons (Fsp3) is 0.412. The summed E-state index contributed by atoms with van der Waals surface area (Å²) in [5.74, 6) is -0.637. The first kappa shape index (κ1) is 20.6. The topological polar surface area (TPSA) is 99.3 Å². The number of nitrogens with one attached hydrogen (secondary N) is 4. The van der Waals surface area contributed by atoms with E-state index in [2.05, 4.69) is 21.5 Å². The Morgan fingerprint density at radius 1 is 1.00 bits per heavy atom. The van der Waals surface area contributed by atoms with Crippen LogP contribution in [-0.4, -0.2) is 22.8 Å². The van der Waals surface area contributed by atoms with Crippen LogP contribution in [0.3, 0.4) is 0 Å². The molecule has 0 aromatic heterocycles. The van der Waals surface area contributed by atoms with E-state index in [0.29, 0.717) is 17.7 Å². The van der Waals surface area contributed by atoms with Gasteiger partial charge in [0.25, 0.3) is 5.91 Å². The minimum absolute atomic E-state index is 0.0276. The van der Waals surface area contributed by atoms with E-state index >= 15 is 0 Å². The highest BCUT2D eigenvalue weighted by Crippen LogP contribution is 2.10. The third-order valence-corrected chi connectivity index (χ3v) is 3.28. The van der Waals surface area contributed by atoms with Crippen LogP contribution < -0.4 is 21.5 Å². The van der Waals surface area contributed by atoms with Crippen molar-refractivity contribution in [1.29, 1.82) is 0 Å². The molecule has 25 heavy (non-hydrogen) atoms. The monoisotopic (exact) mass is 364 g/mol. The van der Waals surface area contributed by atoms with E-state index < -0.39 is 5.91 Å². The van der Waals surface area contributed by atoms with E-state index in [0.717, 1.165) is 0 Å². The summed E-state index contributed by atoms with van der Waals surface area (Å²) in [4.78, 5) is 35.2. The summed E-state index contributed by atoms with van der Waals surface area (Å²) in [6.45, 7) is 7.44. The van der Waals surface area contributed by atoms with E-state index in [1.165, 1.54) is 0 Å². The van der Waals surface area contributed by atoms with Crippen molar-refractivity contribution in [3.8, 4) is 0 Å². The SMILES string of the molecule is CC(C)CC(=O)NC(=S)NNC(=O)c1ccc(NC(=O)C(C)C)cc1. The average Bonchev–Trinajstić information content (AvgIpc) is 2.52. The molecule has 0 radical (unpaired) electrons. The maximum absolute atomic E-state index is 12.0. The van der Waals surface area contributed by atoms with Crippen molar-refractivity contribution >= 4 is 40.7 Å². The lowest BCUT2D eigenvalue weighted by molar-refractivity contribution is -0.120. The molecule has 1 rings (SSSR count). The Hall–Kier alpha value is -2.48. The summed E-state index contributed by atoms with van der Waals surface area (Å²) < 4.78 is 0. The second kappa shape index (κ2) is 9.73. The van der Waals surface area contributed by atoms with E-state index in [9.17, 15) is 14.4 Å². The fourth-order valence-corrected chi connectivity index (χ4v) is 1.92. The molecule has 0 heterocycles. The minimum atomic E-state index is -0.415. The zero-order chi connectivity index (χ0) is 19.0. The van der Waals surface area contributed by atoms with Gasteiger partial charge in [-0.15, -0.1) is 0 Å². The molecule has 0 unspecified atom stereocenters. The van der Waals surface area contributed by atoms with Gasteiger partial charge in [0.15, 0.2) is 5.11 Å². The molecule has 1 aromatic carbocycles. The maximum Gasteiger partial charge on any atom is 0.269 e. The number of rotatable bonds is 5. The molecule has 0 aliphatic heterocycles. The number of hydrazine groups is 1. The number of thiocarbonyl (C=S) groups is 1. The fourth-order valence-electron chi connectivity index (χ4n) is 1.76. The average molecular weight is 364 g/mol. The Balaban J connectivity index is 2.48. The highest BCUT2D eigenvalue weighted by molar-refractivity contribution is 7.80. The zero-order valence-electron chi connectivity index (χ0n) is 14.8. The molecule has 1 aromatic rings. The van der Waals surface area contributed by atoms with Crippen molar-refractivity contribution in [3.63, 3.8) is 0 Å². The Morgan fingerprint density at radius 3 is 2.12 bits per heavy atom. The summed E-state index contributed by atoms with van der Waals surface area (Å²) in [6, 6.07) is 6.43. The Kier molecular flexibility index (Phi) is 8.00. The molecular formula is C17H24N4O3S. The largest absolute Gasteiger partial charge is 0.326 e. The highest BCUT2D eigenvalue weighted by Gasteiger charge is 2.10. The number of amides is 3. The number of hydrogen-bond donors (Lipinski definition) is 4. The smallest absolute Gasteiger partial charge is 0.269 e. The molecule has 0 spiro atoms. The van der Waals surface area contributed by atoms with Crippen LogP contribution in [0, 0.1) is 11.8 Å². The number of hydrogen-bond acceptors (Lipinski definition) is 4. The van der Waals surface area contributed by atoms with Crippen LogP contribution in [0.4, 0.5) is 5.69 Å². The quantitative estimate of drug-likeness (QED) is 0.473. The maximum atomic E-state index is 12.0. The summed E-state index contributed by atoms with van der Waals surface area (Å²) in [6.07, 6.45) is 0.347. The number of anilines is 1. The molecule has 0 fully saturated rings. The lowest BCUT2D eigenvalue weighted by Crippen LogP contribution is -2.48. The number of benzene rings is 1. The molecular weight excluding hydrogens is 340 g/mol. The van der Waals surface area contributed by atoms with Crippen LogP contribution in [0.5, 0.6) is 0 Å². The molecule has 4 N–H and O–H groups in total. The first-order valence-electron chi connectivity index (χ1n) is 8.00. The van der Waals surface area contributed by atoms with Crippen molar-refractivity contribution in [1.82, 2.24) is 16.2 Å². The standard InChI is InChI=1S/C17H24N4O3S/c1-10(2)9-14(22)19-17(25)21-20-16(24)12-5-7-13(8-6-12)18-15(23)11(3)4/h5-8,10-11H,9H2,1-4H3,(H,18,23)(H,20,24)(H2,19,21,22,25). The lowest BCUT2D eigenvalue weighted by Gasteiger charge is -2.12. The molecule has 0 saturated heterocycles. The first-order valence-corrected chi connectivity index (χ1v) is 8.41. The van der Waals surface area contributed by atoms with E-state index in [1.54, 1.807) is 38.1 Å². The van der Waals surface area contributed by atoms with Gasteiger partial charge >= 0.3 is 0 Å². The minimum Gasteiger partial charge on any atom is -0.326 e. The van der Waals surface area contributed by atoms with Crippen molar-refractivity contribution in [3.05, 3.63) is 29.8 Å². The van der Waals surface area contributed by atoms with Crippen LogP contribution in [0.2, 0.25) is 0 Å². The summed E-state index contributed by atoms with van der Waals surface area (Å²) in [5, 5.41) is 5.25. The Bertz CT molecular complexity index is 642. The van der Waals surface area contributed by atoms with Gasteiger partial charge in [-0.1, -0.05) is 27.7 Å².